The molecule has 7 heteroatoms. The Morgan fingerprint density at radius 2 is 1.79 bits per heavy atom. The molecule has 1 atom stereocenters. The van der Waals surface area contributed by atoms with Gasteiger partial charge in [0.05, 0.1) is 17.8 Å². The highest BCUT2D eigenvalue weighted by molar-refractivity contribution is 5.71. The van der Waals surface area contributed by atoms with E-state index in [1.807, 2.05) is 13.0 Å². The van der Waals surface area contributed by atoms with Crippen molar-refractivity contribution in [3.05, 3.63) is 52.7 Å². The zero-order valence-electron chi connectivity index (χ0n) is 23.6. The van der Waals surface area contributed by atoms with E-state index in [9.17, 15) is 5.11 Å². The van der Waals surface area contributed by atoms with Gasteiger partial charge in [-0.05, 0) is 63.8 Å². The van der Waals surface area contributed by atoms with Gasteiger partial charge in [-0.3, -0.25) is 4.90 Å². The molecule has 1 aromatic carbocycles. The number of aliphatic hydroxyl groups is 1. The lowest BCUT2D eigenvalue weighted by Crippen LogP contribution is -2.37. The molecule has 0 saturated carbocycles. The minimum atomic E-state index is -0.859. The minimum absolute atomic E-state index is 0.500. The summed E-state index contributed by atoms with van der Waals surface area (Å²) >= 11 is 0. The average Bonchev–Trinajstić information content (AvgIpc) is 2.92. The molecule has 3 heterocycles. The number of anilines is 1. The molecule has 0 amide bonds. The normalized spacial score (nSPS) is 21.5. The second kappa shape index (κ2) is 12.0. The van der Waals surface area contributed by atoms with Gasteiger partial charge in [0.2, 0.25) is 0 Å². The second-order valence-electron chi connectivity index (χ2n) is 11.4. The lowest BCUT2D eigenvalue weighted by molar-refractivity contribution is 0.109. The Morgan fingerprint density at radius 1 is 1.03 bits per heavy atom. The fourth-order valence-corrected chi connectivity index (χ4v) is 6.23. The smallest absolute Gasteiger partial charge is 0.318 e. The first-order valence-corrected chi connectivity index (χ1v) is 14.8. The van der Waals surface area contributed by atoms with E-state index >= 15 is 0 Å². The molecule has 0 radical (unpaired) electrons. The molecule has 1 N–H and O–H groups in total. The Morgan fingerprint density at radius 3 is 2.55 bits per heavy atom. The third-order valence-corrected chi connectivity index (χ3v) is 8.03. The summed E-state index contributed by atoms with van der Waals surface area (Å²) in [6.45, 7) is 13.8. The van der Waals surface area contributed by atoms with Crippen LogP contribution in [0.5, 0.6) is 6.01 Å². The number of hydrogen-bond donors (Lipinski definition) is 1. The summed E-state index contributed by atoms with van der Waals surface area (Å²) in [7, 11) is 0. The number of rotatable bonds is 10. The maximum absolute atomic E-state index is 11.0. The number of nitrogens with zero attached hydrogens (tertiary/aromatic N) is 5. The number of fused-ring (bicyclic) bond motifs is 2. The maximum Gasteiger partial charge on any atom is 0.318 e. The fraction of sp³-hybridized carbons (Fsp3) is 0.613. The summed E-state index contributed by atoms with van der Waals surface area (Å²) < 4.78 is 6.23. The lowest BCUT2D eigenvalue weighted by Gasteiger charge is -2.38. The summed E-state index contributed by atoms with van der Waals surface area (Å²) in [6.07, 6.45) is 9.62. The highest BCUT2D eigenvalue weighted by Crippen LogP contribution is 2.37. The van der Waals surface area contributed by atoms with Crippen molar-refractivity contribution in [2.45, 2.75) is 77.9 Å². The molecule has 2 aliphatic heterocycles. The Hall–Kier alpha value is -2.64. The van der Waals surface area contributed by atoms with Crippen LogP contribution in [0, 0.1) is 0 Å². The second-order valence-corrected chi connectivity index (χ2v) is 11.4. The van der Waals surface area contributed by atoms with Crippen LogP contribution in [0.4, 0.5) is 5.82 Å². The van der Waals surface area contributed by atoms with Gasteiger partial charge in [-0.2, -0.15) is 9.97 Å². The molecule has 1 saturated heterocycles. The predicted molar refractivity (Wildman–Crippen MR) is 153 cm³/mol. The Balaban J connectivity index is 1.43. The van der Waals surface area contributed by atoms with Crippen LogP contribution in [-0.2, 0) is 19.4 Å². The van der Waals surface area contributed by atoms with Crippen molar-refractivity contribution in [3.63, 3.8) is 0 Å². The molecular formula is C31H45N5O2. The molecule has 38 heavy (non-hydrogen) atoms. The van der Waals surface area contributed by atoms with E-state index in [1.54, 1.807) is 0 Å². The Kier molecular flexibility index (Phi) is 8.54. The summed E-state index contributed by atoms with van der Waals surface area (Å²) in [4.78, 5) is 17.3. The van der Waals surface area contributed by atoms with E-state index < -0.39 is 5.60 Å². The SMILES string of the molecule is CCCN(CCC)c1nc(OCCN2CCCCC2)nc2c1CCN(C1=C[C@](C)(O)Cc3ccccc31)C2. The van der Waals surface area contributed by atoms with E-state index in [-0.39, 0.29) is 0 Å². The summed E-state index contributed by atoms with van der Waals surface area (Å²) in [5.74, 6) is 1.05. The third-order valence-electron chi connectivity index (χ3n) is 8.03. The van der Waals surface area contributed by atoms with Crippen molar-refractivity contribution in [2.75, 3.05) is 50.8 Å². The highest BCUT2D eigenvalue weighted by atomic mass is 16.5. The van der Waals surface area contributed by atoms with Gasteiger partial charge in [0.15, 0.2) is 0 Å². The van der Waals surface area contributed by atoms with Crippen molar-refractivity contribution in [2.24, 2.45) is 0 Å². The molecule has 3 aliphatic rings. The fourth-order valence-electron chi connectivity index (χ4n) is 6.23. The maximum atomic E-state index is 11.0. The van der Waals surface area contributed by atoms with Gasteiger partial charge in [-0.15, -0.1) is 0 Å². The lowest BCUT2D eigenvalue weighted by atomic mass is 9.84. The largest absolute Gasteiger partial charge is 0.462 e. The minimum Gasteiger partial charge on any atom is -0.462 e. The predicted octanol–water partition coefficient (Wildman–Crippen LogP) is 4.67. The molecule has 0 unspecified atom stereocenters. The van der Waals surface area contributed by atoms with Crippen LogP contribution in [0.2, 0.25) is 0 Å². The molecule has 1 aliphatic carbocycles. The number of ether oxygens (including phenoxy) is 1. The molecular weight excluding hydrogens is 474 g/mol. The van der Waals surface area contributed by atoms with Gasteiger partial charge in [-0.1, -0.05) is 44.5 Å². The average molecular weight is 520 g/mol. The van der Waals surface area contributed by atoms with Crippen LogP contribution < -0.4 is 9.64 Å². The van der Waals surface area contributed by atoms with Gasteiger partial charge in [-0.25, -0.2) is 0 Å². The van der Waals surface area contributed by atoms with E-state index in [0.29, 0.717) is 25.6 Å². The topological polar surface area (TPSA) is 65.0 Å². The first-order chi connectivity index (χ1) is 18.5. The van der Waals surface area contributed by atoms with Crippen molar-refractivity contribution < 1.29 is 9.84 Å². The van der Waals surface area contributed by atoms with Crippen LogP contribution in [0.25, 0.3) is 5.70 Å². The zero-order valence-corrected chi connectivity index (χ0v) is 23.6. The van der Waals surface area contributed by atoms with Crippen LogP contribution in [0.15, 0.2) is 30.3 Å². The summed E-state index contributed by atoms with van der Waals surface area (Å²) in [5.41, 5.74) is 4.96. The van der Waals surface area contributed by atoms with Crippen LogP contribution in [-0.4, -0.2) is 76.4 Å². The quantitative estimate of drug-likeness (QED) is 0.489. The van der Waals surface area contributed by atoms with Gasteiger partial charge in [0, 0.05) is 49.4 Å². The van der Waals surface area contributed by atoms with Crippen molar-refractivity contribution >= 4 is 11.5 Å². The van der Waals surface area contributed by atoms with Gasteiger partial charge in [0.25, 0.3) is 0 Å². The van der Waals surface area contributed by atoms with Gasteiger partial charge < -0.3 is 19.6 Å². The van der Waals surface area contributed by atoms with Crippen molar-refractivity contribution in [1.82, 2.24) is 19.8 Å². The van der Waals surface area contributed by atoms with E-state index in [0.717, 1.165) is 75.7 Å². The molecule has 0 spiro atoms. The van der Waals surface area contributed by atoms with Gasteiger partial charge >= 0.3 is 6.01 Å². The molecule has 2 aromatic rings. The number of benzene rings is 1. The van der Waals surface area contributed by atoms with Crippen LogP contribution >= 0.6 is 0 Å². The van der Waals surface area contributed by atoms with Crippen molar-refractivity contribution in [3.8, 4) is 6.01 Å². The number of piperidine rings is 1. The summed E-state index contributed by atoms with van der Waals surface area (Å²) in [5, 5.41) is 11.0. The van der Waals surface area contributed by atoms with Crippen LogP contribution in [0.3, 0.4) is 0 Å². The number of hydrogen-bond acceptors (Lipinski definition) is 7. The first kappa shape index (κ1) is 26.9. The zero-order chi connectivity index (χ0) is 26.5. The molecule has 5 rings (SSSR count). The van der Waals surface area contributed by atoms with Gasteiger partial charge in [0.1, 0.15) is 12.4 Å². The molecule has 1 aromatic heterocycles. The molecule has 1 fully saturated rings. The molecule has 206 valence electrons. The third kappa shape index (κ3) is 6.15. The van der Waals surface area contributed by atoms with Crippen LogP contribution in [0.1, 0.15) is 75.3 Å². The number of aromatic nitrogens is 2. The Labute approximate surface area is 228 Å². The first-order valence-electron chi connectivity index (χ1n) is 14.8. The number of likely N-dealkylation sites (tertiary alicyclic amines) is 1. The summed E-state index contributed by atoms with van der Waals surface area (Å²) in [6, 6.07) is 8.96. The van der Waals surface area contributed by atoms with E-state index in [4.69, 9.17) is 14.7 Å². The highest BCUT2D eigenvalue weighted by Gasteiger charge is 2.32. The Bertz CT molecular complexity index is 1120. The van der Waals surface area contributed by atoms with E-state index in [2.05, 4.69) is 52.8 Å². The van der Waals surface area contributed by atoms with E-state index in [1.165, 1.54) is 36.0 Å². The standard InChI is InChI=1S/C31H45N5O2/c1-4-14-35(15-5-2)29-26-13-18-36(28-22-31(3,37)21-24-11-7-8-12-25(24)28)23-27(26)32-30(33-29)38-20-19-34-16-9-6-10-17-34/h7-8,11-12,22,37H,4-6,9-10,13-21,23H2,1-3H3/t31-/m1/s1. The van der Waals surface area contributed by atoms with Crippen molar-refractivity contribution in [1.29, 1.82) is 0 Å². The monoisotopic (exact) mass is 519 g/mol. The molecule has 7 nitrogen and oxygen atoms in total. The molecule has 0 bridgehead atoms.